The Balaban J connectivity index is 1.87. The van der Waals surface area contributed by atoms with Crippen LogP contribution in [0.1, 0.15) is 24.8 Å². The zero-order valence-corrected chi connectivity index (χ0v) is 13.1. The molecule has 1 saturated carbocycles. The Morgan fingerprint density at radius 1 is 1.50 bits per heavy atom. The highest BCUT2D eigenvalue weighted by Gasteiger charge is 2.43. The fourth-order valence-corrected chi connectivity index (χ4v) is 3.05. The zero-order chi connectivity index (χ0) is 13.1. The van der Waals surface area contributed by atoms with Crippen LogP contribution in [0.25, 0.3) is 0 Å². The van der Waals surface area contributed by atoms with E-state index in [4.69, 9.17) is 0 Å². The van der Waals surface area contributed by atoms with Crippen LogP contribution in [0.3, 0.4) is 0 Å². The first-order valence-corrected chi connectivity index (χ1v) is 8.35. The molecule has 1 fully saturated rings. The molecule has 2 rings (SSSR count). The molecule has 3 atom stereocenters. The fraction of sp³-hybridized carbons (Fsp3) is 0.500. The standard InChI is InChI=1S/C14H18BrNOS/c1-9(8-18-2)16-14(17)13-7-12(13)10-3-5-11(15)6-4-10/h3-6,9,12-13H,7-8H2,1-2H3,(H,16,17)/t9-,12-,13-/m0/s1. The lowest BCUT2D eigenvalue weighted by Crippen LogP contribution is -2.35. The largest absolute Gasteiger partial charge is 0.353 e. The van der Waals surface area contributed by atoms with Crippen molar-refractivity contribution in [3.8, 4) is 0 Å². The molecule has 1 aliphatic carbocycles. The van der Waals surface area contributed by atoms with Gasteiger partial charge in [0.25, 0.3) is 0 Å². The molecule has 98 valence electrons. The molecule has 1 aromatic carbocycles. The van der Waals surface area contributed by atoms with E-state index in [2.05, 4.69) is 46.6 Å². The maximum atomic E-state index is 12.0. The lowest BCUT2D eigenvalue weighted by Gasteiger charge is -2.12. The van der Waals surface area contributed by atoms with Crippen molar-refractivity contribution in [3.05, 3.63) is 34.3 Å². The number of carbonyl (C=O) groups excluding carboxylic acids is 1. The van der Waals surface area contributed by atoms with Crippen molar-refractivity contribution < 1.29 is 4.79 Å². The Kier molecular flexibility index (Phi) is 4.73. The summed E-state index contributed by atoms with van der Waals surface area (Å²) in [7, 11) is 0. The fourth-order valence-electron chi connectivity index (χ4n) is 2.20. The van der Waals surface area contributed by atoms with Crippen LogP contribution in [0.5, 0.6) is 0 Å². The van der Waals surface area contributed by atoms with Crippen molar-refractivity contribution in [2.75, 3.05) is 12.0 Å². The molecule has 0 heterocycles. The molecule has 0 aliphatic heterocycles. The molecule has 1 amide bonds. The Bertz CT molecular complexity index is 420. The van der Waals surface area contributed by atoms with Crippen LogP contribution in [0.4, 0.5) is 0 Å². The summed E-state index contributed by atoms with van der Waals surface area (Å²) in [6, 6.07) is 8.55. The highest BCUT2D eigenvalue weighted by atomic mass is 79.9. The predicted molar refractivity (Wildman–Crippen MR) is 81.0 cm³/mol. The summed E-state index contributed by atoms with van der Waals surface area (Å²) in [5, 5.41) is 3.08. The van der Waals surface area contributed by atoms with Crippen LogP contribution < -0.4 is 5.32 Å². The number of hydrogen-bond donors (Lipinski definition) is 1. The van der Waals surface area contributed by atoms with Gasteiger partial charge in [-0.15, -0.1) is 0 Å². The molecule has 0 bridgehead atoms. The number of carbonyl (C=O) groups is 1. The smallest absolute Gasteiger partial charge is 0.223 e. The first-order chi connectivity index (χ1) is 8.61. The van der Waals surface area contributed by atoms with Crippen molar-refractivity contribution in [1.29, 1.82) is 0 Å². The van der Waals surface area contributed by atoms with Crippen LogP contribution in [-0.2, 0) is 4.79 Å². The van der Waals surface area contributed by atoms with Gasteiger partial charge in [0.15, 0.2) is 0 Å². The van der Waals surface area contributed by atoms with Gasteiger partial charge in [-0.25, -0.2) is 0 Å². The van der Waals surface area contributed by atoms with Crippen LogP contribution in [0.2, 0.25) is 0 Å². The molecule has 1 aromatic rings. The molecule has 18 heavy (non-hydrogen) atoms. The zero-order valence-electron chi connectivity index (χ0n) is 10.7. The predicted octanol–water partition coefficient (Wildman–Crippen LogP) is 3.42. The number of thioether (sulfide) groups is 1. The van der Waals surface area contributed by atoms with Gasteiger partial charge in [0.1, 0.15) is 0 Å². The second-order valence-electron chi connectivity index (χ2n) is 4.87. The number of rotatable bonds is 5. The minimum Gasteiger partial charge on any atom is -0.353 e. The summed E-state index contributed by atoms with van der Waals surface area (Å²) in [6.45, 7) is 2.06. The van der Waals surface area contributed by atoms with E-state index in [1.54, 1.807) is 11.8 Å². The number of hydrogen-bond acceptors (Lipinski definition) is 2. The van der Waals surface area contributed by atoms with E-state index in [1.807, 2.05) is 12.1 Å². The maximum absolute atomic E-state index is 12.0. The highest BCUT2D eigenvalue weighted by molar-refractivity contribution is 9.10. The van der Waals surface area contributed by atoms with Gasteiger partial charge in [0.2, 0.25) is 5.91 Å². The van der Waals surface area contributed by atoms with Crippen molar-refractivity contribution in [2.24, 2.45) is 5.92 Å². The normalized spacial score (nSPS) is 23.5. The molecule has 0 spiro atoms. The molecule has 1 aliphatic rings. The number of nitrogens with one attached hydrogen (secondary N) is 1. The van der Waals surface area contributed by atoms with E-state index in [9.17, 15) is 4.79 Å². The summed E-state index contributed by atoms with van der Waals surface area (Å²) in [5.41, 5.74) is 1.27. The molecule has 2 nitrogen and oxygen atoms in total. The maximum Gasteiger partial charge on any atom is 0.223 e. The Morgan fingerprint density at radius 2 is 2.17 bits per heavy atom. The summed E-state index contributed by atoms with van der Waals surface area (Å²) in [4.78, 5) is 12.0. The van der Waals surface area contributed by atoms with Gasteiger partial charge in [0, 0.05) is 22.2 Å². The SMILES string of the molecule is CSC[C@H](C)NC(=O)[C@H]1C[C@H]1c1ccc(Br)cc1. The monoisotopic (exact) mass is 327 g/mol. The Hall–Kier alpha value is -0.480. The second-order valence-corrected chi connectivity index (χ2v) is 6.69. The lowest BCUT2D eigenvalue weighted by molar-refractivity contribution is -0.122. The van der Waals surface area contributed by atoms with Crippen LogP contribution in [0, 0.1) is 5.92 Å². The van der Waals surface area contributed by atoms with Crippen LogP contribution >= 0.6 is 27.7 Å². The van der Waals surface area contributed by atoms with E-state index in [-0.39, 0.29) is 17.9 Å². The van der Waals surface area contributed by atoms with Crippen LogP contribution in [0.15, 0.2) is 28.7 Å². The van der Waals surface area contributed by atoms with E-state index in [1.165, 1.54) is 5.56 Å². The van der Waals surface area contributed by atoms with Crippen molar-refractivity contribution in [3.63, 3.8) is 0 Å². The molecule has 0 radical (unpaired) electrons. The minimum atomic E-state index is 0.176. The topological polar surface area (TPSA) is 29.1 Å². The van der Waals surface area contributed by atoms with Gasteiger partial charge < -0.3 is 5.32 Å². The van der Waals surface area contributed by atoms with Gasteiger partial charge in [-0.3, -0.25) is 4.79 Å². The first kappa shape index (κ1) is 13.9. The quantitative estimate of drug-likeness (QED) is 0.897. The molecular formula is C14H18BrNOS. The summed E-state index contributed by atoms with van der Waals surface area (Å²) in [6.07, 6.45) is 3.05. The van der Waals surface area contributed by atoms with E-state index < -0.39 is 0 Å². The van der Waals surface area contributed by atoms with Crippen molar-refractivity contribution >= 4 is 33.6 Å². The third kappa shape index (κ3) is 3.51. The van der Waals surface area contributed by atoms with Gasteiger partial charge >= 0.3 is 0 Å². The molecular weight excluding hydrogens is 310 g/mol. The summed E-state index contributed by atoms with van der Waals surface area (Å²) < 4.78 is 1.08. The lowest BCUT2D eigenvalue weighted by atomic mass is 10.1. The molecule has 4 heteroatoms. The summed E-state index contributed by atoms with van der Waals surface area (Å²) >= 11 is 5.19. The molecule has 1 N–H and O–H groups in total. The Morgan fingerprint density at radius 3 is 2.78 bits per heavy atom. The number of benzene rings is 1. The van der Waals surface area contributed by atoms with Crippen LogP contribution in [-0.4, -0.2) is 24.0 Å². The first-order valence-electron chi connectivity index (χ1n) is 6.16. The molecule has 0 saturated heterocycles. The van der Waals surface area contributed by atoms with Crippen molar-refractivity contribution in [1.82, 2.24) is 5.32 Å². The molecule has 0 unspecified atom stereocenters. The van der Waals surface area contributed by atoms with E-state index in [0.29, 0.717) is 5.92 Å². The third-order valence-electron chi connectivity index (χ3n) is 3.23. The average molecular weight is 328 g/mol. The van der Waals surface area contributed by atoms with Gasteiger partial charge in [-0.2, -0.15) is 11.8 Å². The molecule has 0 aromatic heterocycles. The second kappa shape index (κ2) is 6.11. The third-order valence-corrected chi connectivity index (χ3v) is 4.59. The van der Waals surface area contributed by atoms with Gasteiger partial charge in [0.05, 0.1) is 0 Å². The van der Waals surface area contributed by atoms with Gasteiger partial charge in [-0.05, 0) is 43.2 Å². The average Bonchev–Trinajstić information content (AvgIpc) is 3.10. The van der Waals surface area contributed by atoms with E-state index >= 15 is 0 Å². The minimum absolute atomic E-state index is 0.176. The number of halogens is 1. The highest BCUT2D eigenvalue weighted by Crippen LogP contribution is 2.47. The number of amides is 1. The van der Waals surface area contributed by atoms with Crippen molar-refractivity contribution in [2.45, 2.75) is 25.3 Å². The van der Waals surface area contributed by atoms with Gasteiger partial charge in [-0.1, -0.05) is 28.1 Å². The Labute approximate surface area is 121 Å². The summed E-state index contributed by atoms with van der Waals surface area (Å²) in [5.74, 6) is 1.78. The van der Waals surface area contributed by atoms with E-state index in [0.717, 1.165) is 16.6 Å².